The first kappa shape index (κ1) is 28.9. The lowest BCUT2D eigenvalue weighted by molar-refractivity contribution is -0.304. The van der Waals surface area contributed by atoms with Crippen molar-refractivity contribution in [3.63, 3.8) is 0 Å². The van der Waals surface area contributed by atoms with Crippen molar-refractivity contribution < 1.29 is 54.7 Å². The number of aliphatic hydroxyl groups is 5. The molecule has 37 heavy (non-hydrogen) atoms. The third kappa shape index (κ3) is 7.02. The second-order valence-electron chi connectivity index (χ2n) is 9.15. The second-order valence-corrected chi connectivity index (χ2v) is 9.15. The minimum atomic E-state index is -1.58. The highest BCUT2D eigenvalue weighted by Crippen LogP contribution is 2.32. The Bertz CT molecular complexity index is 998. The highest BCUT2D eigenvalue weighted by Gasteiger charge is 2.44. The molecule has 0 amide bonds. The second kappa shape index (κ2) is 13.2. The molecule has 0 bridgehead atoms. The Hall–Kier alpha value is -2.64. The zero-order chi connectivity index (χ0) is 27.1. The average Bonchev–Trinajstić information content (AvgIpc) is 2.91. The molecule has 7 atom stereocenters. The zero-order valence-electron chi connectivity index (χ0n) is 20.8. The summed E-state index contributed by atoms with van der Waals surface area (Å²) in [7, 11) is 2.88. The van der Waals surface area contributed by atoms with Crippen molar-refractivity contribution in [3.05, 3.63) is 47.5 Å². The summed E-state index contributed by atoms with van der Waals surface area (Å²) < 4.78 is 21.7. The molecule has 0 spiro atoms. The number of hydrogen-bond donors (Lipinski definition) is 7. The van der Waals surface area contributed by atoms with Gasteiger partial charge in [0.25, 0.3) is 0 Å². The van der Waals surface area contributed by atoms with Crippen LogP contribution in [0.15, 0.2) is 36.4 Å². The van der Waals surface area contributed by atoms with Crippen molar-refractivity contribution in [2.45, 2.75) is 43.5 Å². The number of methoxy groups -OCH3 is 2. The largest absolute Gasteiger partial charge is 0.504 e. The fourth-order valence-corrected chi connectivity index (χ4v) is 4.47. The van der Waals surface area contributed by atoms with Gasteiger partial charge in [0.1, 0.15) is 24.4 Å². The van der Waals surface area contributed by atoms with Crippen LogP contribution in [0.3, 0.4) is 0 Å². The Morgan fingerprint density at radius 3 is 1.81 bits per heavy atom. The van der Waals surface area contributed by atoms with Crippen molar-refractivity contribution in [1.82, 2.24) is 0 Å². The smallest absolute Gasteiger partial charge is 0.186 e. The lowest BCUT2D eigenvalue weighted by Gasteiger charge is -2.40. The summed E-state index contributed by atoms with van der Waals surface area (Å²) >= 11 is 0. The molecule has 206 valence electrons. The van der Waals surface area contributed by atoms with Crippen LogP contribution in [0, 0.1) is 11.8 Å². The van der Waals surface area contributed by atoms with E-state index in [9.17, 15) is 35.7 Å². The molecular formula is C26H36O11. The first-order valence-corrected chi connectivity index (χ1v) is 12.0. The average molecular weight is 525 g/mol. The molecule has 0 unspecified atom stereocenters. The molecule has 11 heteroatoms. The number of benzene rings is 2. The van der Waals surface area contributed by atoms with Crippen LogP contribution in [0.2, 0.25) is 0 Å². The highest BCUT2D eigenvalue weighted by molar-refractivity contribution is 5.43. The molecule has 0 aromatic heterocycles. The van der Waals surface area contributed by atoms with Gasteiger partial charge in [0.05, 0.1) is 27.4 Å². The Labute approximate surface area is 215 Å². The SMILES string of the molecule is COc1cc(C[C@H](CO)[C@@H](CO[C@H]2O[C@@H](CO)[C@@H](O)[C@@H](O)[C@@H]2O)Cc2ccc(O)c(OC)c2)ccc1O. The first-order valence-electron chi connectivity index (χ1n) is 12.0. The monoisotopic (exact) mass is 524 g/mol. The lowest BCUT2D eigenvalue weighted by Crippen LogP contribution is -2.59. The molecule has 1 saturated heterocycles. The third-order valence-corrected chi connectivity index (χ3v) is 6.71. The molecule has 1 fully saturated rings. The van der Waals surface area contributed by atoms with Crippen LogP contribution in [0.1, 0.15) is 11.1 Å². The van der Waals surface area contributed by atoms with Crippen molar-refractivity contribution in [2.75, 3.05) is 34.0 Å². The van der Waals surface area contributed by atoms with E-state index >= 15 is 0 Å². The third-order valence-electron chi connectivity index (χ3n) is 6.71. The Kier molecular flexibility index (Phi) is 10.4. The number of phenols is 2. The highest BCUT2D eigenvalue weighted by atomic mass is 16.7. The van der Waals surface area contributed by atoms with Gasteiger partial charge >= 0.3 is 0 Å². The molecule has 11 nitrogen and oxygen atoms in total. The number of aliphatic hydroxyl groups excluding tert-OH is 5. The Morgan fingerprint density at radius 2 is 1.32 bits per heavy atom. The number of rotatable bonds is 12. The van der Waals surface area contributed by atoms with Crippen molar-refractivity contribution in [3.8, 4) is 23.0 Å². The van der Waals surface area contributed by atoms with Crippen LogP contribution in [0.25, 0.3) is 0 Å². The normalized spacial score (nSPS) is 25.4. The predicted molar refractivity (Wildman–Crippen MR) is 131 cm³/mol. The summed E-state index contributed by atoms with van der Waals surface area (Å²) in [5, 5.41) is 70.1. The Balaban J connectivity index is 1.83. The lowest BCUT2D eigenvalue weighted by atomic mass is 9.83. The molecule has 7 N–H and O–H groups in total. The predicted octanol–water partition coefficient (Wildman–Crippen LogP) is -0.0586. The minimum Gasteiger partial charge on any atom is -0.504 e. The topological polar surface area (TPSA) is 179 Å². The van der Waals surface area contributed by atoms with Crippen molar-refractivity contribution in [2.24, 2.45) is 11.8 Å². The van der Waals surface area contributed by atoms with E-state index in [2.05, 4.69) is 0 Å². The van der Waals surface area contributed by atoms with E-state index in [0.29, 0.717) is 18.6 Å². The first-order chi connectivity index (χ1) is 17.7. The molecule has 3 rings (SSSR count). The van der Waals surface area contributed by atoms with Gasteiger partial charge in [-0.3, -0.25) is 0 Å². The van der Waals surface area contributed by atoms with Gasteiger partial charge in [-0.2, -0.15) is 0 Å². The van der Waals surface area contributed by atoms with E-state index in [1.165, 1.54) is 26.4 Å². The standard InChI is InChI=1S/C26H36O11/c1-34-20-9-14(3-5-18(20)29)7-16(11-27)17(8-15-4-6-19(30)21(10-15)35-2)13-36-26-25(33)24(32)23(31)22(12-28)37-26/h3-6,9-10,16-17,22-33H,7-8,11-13H2,1-2H3/t16-,17-,22+,23-,24-,25+,26+/m1/s1. The van der Waals surface area contributed by atoms with E-state index in [4.69, 9.17) is 18.9 Å². The van der Waals surface area contributed by atoms with Crippen LogP contribution in [0.5, 0.6) is 23.0 Å². The van der Waals surface area contributed by atoms with Gasteiger partial charge in [-0.15, -0.1) is 0 Å². The maximum absolute atomic E-state index is 10.4. The molecule has 0 aliphatic carbocycles. The molecule has 0 saturated carbocycles. The number of hydrogen-bond acceptors (Lipinski definition) is 11. The molecule has 1 heterocycles. The molecule has 0 radical (unpaired) electrons. The Morgan fingerprint density at radius 1 is 0.784 bits per heavy atom. The van der Waals surface area contributed by atoms with Crippen LogP contribution in [0.4, 0.5) is 0 Å². The van der Waals surface area contributed by atoms with E-state index in [-0.39, 0.29) is 42.3 Å². The summed E-state index contributed by atoms with van der Waals surface area (Å²) in [5.41, 5.74) is 1.59. The quantitative estimate of drug-likeness (QED) is 0.198. The molecule has 1 aliphatic heterocycles. The van der Waals surface area contributed by atoms with Crippen LogP contribution >= 0.6 is 0 Å². The van der Waals surface area contributed by atoms with E-state index in [1.807, 2.05) is 0 Å². The summed E-state index contributed by atoms with van der Waals surface area (Å²) in [6.45, 7) is -0.822. The van der Waals surface area contributed by atoms with Gasteiger partial charge in [0, 0.05) is 6.61 Å². The van der Waals surface area contributed by atoms with Gasteiger partial charge in [-0.05, 0) is 60.1 Å². The van der Waals surface area contributed by atoms with Gasteiger partial charge in [-0.1, -0.05) is 12.1 Å². The maximum Gasteiger partial charge on any atom is 0.186 e. The fourth-order valence-electron chi connectivity index (χ4n) is 4.47. The van der Waals surface area contributed by atoms with Crippen LogP contribution < -0.4 is 9.47 Å². The van der Waals surface area contributed by atoms with Gasteiger partial charge in [0.2, 0.25) is 0 Å². The van der Waals surface area contributed by atoms with Crippen molar-refractivity contribution in [1.29, 1.82) is 0 Å². The number of phenolic OH excluding ortho intramolecular Hbond substituents is 2. The van der Waals surface area contributed by atoms with Gasteiger partial charge < -0.3 is 54.7 Å². The fraction of sp³-hybridized carbons (Fsp3) is 0.538. The van der Waals surface area contributed by atoms with Gasteiger partial charge in [0.15, 0.2) is 29.3 Å². The van der Waals surface area contributed by atoms with Crippen molar-refractivity contribution >= 4 is 0 Å². The summed E-state index contributed by atoms with van der Waals surface area (Å²) in [5.74, 6) is -0.160. The molecule has 2 aromatic rings. The van der Waals surface area contributed by atoms with E-state index in [1.54, 1.807) is 24.3 Å². The van der Waals surface area contributed by atoms with Crippen LogP contribution in [-0.2, 0) is 22.3 Å². The summed E-state index contributed by atoms with van der Waals surface area (Å²) in [6, 6.07) is 9.80. The summed E-state index contributed by atoms with van der Waals surface area (Å²) in [6.07, 6.45) is -6.29. The zero-order valence-corrected chi connectivity index (χ0v) is 20.8. The van der Waals surface area contributed by atoms with Crippen LogP contribution in [-0.4, -0.2) is 100 Å². The molecular weight excluding hydrogens is 488 g/mol. The minimum absolute atomic E-state index is 0.00881. The van der Waals surface area contributed by atoms with E-state index in [0.717, 1.165) is 11.1 Å². The summed E-state index contributed by atoms with van der Waals surface area (Å²) in [4.78, 5) is 0. The molecule has 1 aliphatic rings. The van der Waals surface area contributed by atoms with E-state index < -0.39 is 37.3 Å². The number of ether oxygens (including phenoxy) is 4. The molecule has 2 aromatic carbocycles. The number of aromatic hydroxyl groups is 2. The maximum atomic E-state index is 10.4. The van der Waals surface area contributed by atoms with Gasteiger partial charge in [-0.25, -0.2) is 0 Å².